The maximum atomic E-state index is 12.0. The van der Waals surface area contributed by atoms with Gasteiger partial charge in [0, 0.05) is 19.6 Å². The van der Waals surface area contributed by atoms with Gasteiger partial charge in [0.15, 0.2) is 5.96 Å². The number of aliphatic imine (C=N–C) groups is 1. The Labute approximate surface area is 156 Å². The molecule has 1 rings (SSSR count). The van der Waals surface area contributed by atoms with E-state index < -0.39 is 5.60 Å². The molecule has 0 bridgehead atoms. The van der Waals surface area contributed by atoms with Gasteiger partial charge in [-0.15, -0.1) is 24.0 Å². The molecule has 134 valence electrons. The molecule has 0 unspecified atom stereocenters. The fourth-order valence-electron chi connectivity index (χ4n) is 2.17. The van der Waals surface area contributed by atoms with Gasteiger partial charge in [-0.25, -0.2) is 9.79 Å². The lowest BCUT2D eigenvalue weighted by molar-refractivity contribution is 0.0185. The molecule has 0 radical (unpaired) electrons. The van der Waals surface area contributed by atoms with Crippen molar-refractivity contribution in [2.45, 2.75) is 46.1 Å². The van der Waals surface area contributed by atoms with E-state index in [0.29, 0.717) is 18.4 Å². The summed E-state index contributed by atoms with van der Waals surface area (Å²) in [4.78, 5) is 17.9. The highest BCUT2D eigenvalue weighted by atomic mass is 127. The van der Waals surface area contributed by atoms with Crippen molar-refractivity contribution in [3.63, 3.8) is 0 Å². The molecule has 7 heteroatoms. The first kappa shape index (κ1) is 22.0. The maximum Gasteiger partial charge on any atom is 0.410 e. The Morgan fingerprint density at radius 1 is 1.39 bits per heavy atom. The molecule has 1 amide bonds. The minimum Gasteiger partial charge on any atom is -0.444 e. The number of likely N-dealkylation sites (tertiary alicyclic amines) is 1. The molecule has 0 aromatic rings. The molecule has 1 aliphatic heterocycles. The molecule has 0 aromatic heterocycles. The van der Waals surface area contributed by atoms with Crippen LogP contribution < -0.4 is 11.1 Å². The summed E-state index contributed by atoms with van der Waals surface area (Å²) in [5.41, 5.74) is 6.34. The van der Waals surface area contributed by atoms with Gasteiger partial charge in [0.2, 0.25) is 0 Å². The zero-order valence-corrected chi connectivity index (χ0v) is 17.1. The molecule has 1 aliphatic rings. The fraction of sp³-hybridized carbons (Fsp3) is 0.750. The van der Waals surface area contributed by atoms with Gasteiger partial charge in [0.05, 0.1) is 6.54 Å². The Balaban J connectivity index is 0.00000484. The van der Waals surface area contributed by atoms with Crippen LogP contribution in [0.1, 0.15) is 40.5 Å². The number of nitrogens with zero attached hydrogens (tertiary/aromatic N) is 2. The van der Waals surface area contributed by atoms with Gasteiger partial charge in [0.1, 0.15) is 5.60 Å². The third kappa shape index (κ3) is 9.68. The minimum absolute atomic E-state index is 0. The minimum atomic E-state index is -0.441. The highest BCUT2D eigenvalue weighted by Crippen LogP contribution is 2.19. The first-order valence-electron chi connectivity index (χ1n) is 7.83. The number of halogens is 1. The molecule has 23 heavy (non-hydrogen) atoms. The van der Waals surface area contributed by atoms with Crippen LogP contribution in [-0.2, 0) is 4.74 Å². The van der Waals surface area contributed by atoms with E-state index in [2.05, 4.69) is 16.9 Å². The first-order valence-corrected chi connectivity index (χ1v) is 7.83. The molecule has 0 atom stereocenters. The van der Waals surface area contributed by atoms with Gasteiger partial charge in [-0.3, -0.25) is 0 Å². The van der Waals surface area contributed by atoms with Gasteiger partial charge >= 0.3 is 6.09 Å². The third-order valence-corrected chi connectivity index (χ3v) is 3.36. The lowest BCUT2D eigenvalue weighted by Gasteiger charge is -2.33. The number of ether oxygens (including phenoxy) is 1. The first-order chi connectivity index (χ1) is 10.2. The van der Waals surface area contributed by atoms with Crippen LogP contribution in [0.15, 0.2) is 17.1 Å². The maximum absolute atomic E-state index is 12.0. The number of nitrogens with one attached hydrogen (secondary N) is 1. The van der Waals surface area contributed by atoms with E-state index in [4.69, 9.17) is 10.5 Å². The highest BCUT2D eigenvalue weighted by Gasteiger charge is 2.26. The second-order valence-electron chi connectivity index (χ2n) is 6.95. The fourth-order valence-corrected chi connectivity index (χ4v) is 2.17. The zero-order chi connectivity index (χ0) is 16.8. The quantitative estimate of drug-likeness (QED) is 0.306. The van der Waals surface area contributed by atoms with E-state index in [0.717, 1.165) is 38.0 Å². The second kappa shape index (κ2) is 10.00. The molecule has 3 N–H and O–H groups in total. The summed E-state index contributed by atoms with van der Waals surface area (Å²) >= 11 is 0. The molecule has 0 aromatic carbocycles. The van der Waals surface area contributed by atoms with Gasteiger partial charge in [-0.05, 0) is 46.5 Å². The topological polar surface area (TPSA) is 80.0 Å². The van der Waals surface area contributed by atoms with Crippen LogP contribution in [0.4, 0.5) is 4.79 Å². The number of carbonyl (C=O) groups excluding carboxylic acids is 1. The largest absolute Gasteiger partial charge is 0.444 e. The summed E-state index contributed by atoms with van der Waals surface area (Å²) in [6, 6.07) is 0. The number of nitrogens with two attached hydrogens (primary N) is 1. The van der Waals surface area contributed by atoms with Gasteiger partial charge in [0.25, 0.3) is 0 Å². The average molecular weight is 438 g/mol. The van der Waals surface area contributed by atoms with Crippen molar-refractivity contribution >= 4 is 36.0 Å². The predicted molar refractivity (Wildman–Crippen MR) is 105 cm³/mol. The molecular formula is C16H31IN4O2. The average Bonchev–Trinajstić information content (AvgIpc) is 2.41. The van der Waals surface area contributed by atoms with Crippen molar-refractivity contribution in [2.24, 2.45) is 16.6 Å². The Kier molecular flexibility index (Phi) is 9.57. The van der Waals surface area contributed by atoms with E-state index >= 15 is 0 Å². The van der Waals surface area contributed by atoms with Gasteiger partial charge in [-0.2, -0.15) is 0 Å². The smallest absolute Gasteiger partial charge is 0.410 e. The van der Waals surface area contributed by atoms with Crippen LogP contribution in [0.5, 0.6) is 0 Å². The van der Waals surface area contributed by atoms with Crippen molar-refractivity contribution in [3.8, 4) is 0 Å². The van der Waals surface area contributed by atoms with Crippen LogP contribution >= 0.6 is 24.0 Å². The van der Waals surface area contributed by atoms with Crippen molar-refractivity contribution in [1.82, 2.24) is 10.2 Å². The molecular weight excluding hydrogens is 407 g/mol. The summed E-state index contributed by atoms with van der Waals surface area (Å²) in [5.74, 6) is 0.954. The third-order valence-electron chi connectivity index (χ3n) is 3.36. The predicted octanol–water partition coefficient (Wildman–Crippen LogP) is 2.73. The second-order valence-corrected chi connectivity index (χ2v) is 6.95. The number of carbonyl (C=O) groups is 1. The van der Waals surface area contributed by atoms with Crippen LogP contribution in [-0.4, -0.2) is 48.7 Å². The highest BCUT2D eigenvalue weighted by molar-refractivity contribution is 14.0. The van der Waals surface area contributed by atoms with Crippen molar-refractivity contribution in [2.75, 3.05) is 26.2 Å². The molecule has 0 spiro atoms. The van der Waals surface area contributed by atoms with Crippen LogP contribution in [0.2, 0.25) is 0 Å². The standard InChI is InChI=1S/C16H30N4O2.HI/c1-12(2)10-18-14(17)19-11-13-6-8-20(9-7-13)15(21)22-16(3,4)5;/h13H,1,6-11H2,2-5H3,(H3,17,18,19);1H. The van der Waals surface area contributed by atoms with E-state index in [-0.39, 0.29) is 30.1 Å². The summed E-state index contributed by atoms with van der Waals surface area (Å²) in [6.07, 6.45) is 1.67. The number of amides is 1. The summed E-state index contributed by atoms with van der Waals surface area (Å²) in [5, 5.41) is 3.14. The summed E-state index contributed by atoms with van der Waals surface area (Å²) in [6.45, 7) is 14.1. The van der Waals surface area contributed by atoms with Gasteiger partial charge < -0.3 is 20.7 Å². The number of hydrogen-bond donors (Lipinski definition) is 2. The molecule has 1 heterocycles. The Hall–Kier alpha value is -0.990. The Morgan fingerprint density at radius 3 is 2.43 bits per heavy atom. The summed E-state index contributed by atoms with van der Waals surface area (Å²) < 4.78 is 5.39. The van der Waals surface area contributed by atoms with Gasteiger partial charge in [-0.1, -0.05) is 12.2 Å². The van der Waals surface area contributed by atoms with E-state index in [1.54, 1.807) is 4.90 Å². The van der Waals surface area contributed by atoms with Crippen LogP contribution in [0, 0.1) is 5.92 Å². The van der Waals surface area contributed by atoms with E-state index in [9.17, 15) is 4.79 Å². The van der Waals surface area contributed by atoms with Crippen molar-refractivity contribution in [1.29, 1.82) is 0 Å². The number of piperidine rings is 1. The van der Waals surface area contributed by atoms with Crippen molar-refractivity contribution < 1.29 is 9.53 Å². The summed E-state index contributed by atoms with van der Waals surface area (Å²) in [7, 11) is 0. The van der Waals surface area contributed by atoms with Crippen LogP contribution in [0.25, 0.3) is 0 Å². The molecule has 0 aliphatic carbocycles. The Morgan fingerprint density at radius 2 is 1.96 bits per heavy atom. The lowest BCUT2D eigenvalue weighted by Crippen LogP contribution is -2.44. The normalized spacial score (nSPS) is 16.5. The lowest BCUT2D eigenvalue weighted by atomic mass is 9.97. The van der Waals surface area contributed by atoms with E-state index in [1.165, 1.54) is 0 Å². The molecule has 1 saturated heterocycles. The van der Waals surface area contributed by atoms with E-state index in [1.807, 2.05) is 27.7 Å². The molecule has 0 saturated carbocycles. The number of rotatable bonds is 4. The monoisotopic (exact) mass is 438 g/mol. The molecule has 1 fully saturated rings. The number of guanidine groups is 1. The SMILES string of the molecule is C=C(C)CN=C(N)NCC1CCN(C(=O)OC(C)(C)C)CC1.I. The number of hydrogen-bond acceptors (Lipinski definition) is 3. The zero-order valence-electron chi connectivity index (χ0n) is 14.7. The Bertz CT molecular complexity index is 424. The van der Waals surface area contributed by atoms with Crippen LogP contribution in [0.3, 0.4) is 0 Å². The molecule has 6 nitrogen and oxygen atoms in total. The van der Waals surface area contributed by atoms with Crippen molar-refractivity contribution in [3.05, 3.63) is 12.2 Å².